The Morgan fingerprint density at radius 3 is 2.48 bits per heavy atom. The number of hydrogen-bond acceptors (Lipinski definition) is 1. The van der Waals surface area contributed by atoms with Crippen LogP contribution in [0.15, 0.2) is 118 Å². The first-order valence-corrected chi connectivity index (χ1v) is 11.3. The monoisotopic (exact) mass is 401 g/mol. The molecule has 0 bridgehead atoms. The van der Waals surface area contributed by atoms with E-state index in [0.717, 1.165) is 6.42 Å². The van der Waals surface area contributed by atoms with E-state index in [1.165, 1.54) is 56.1 Å². The van der Waals surface area contributed by atoms with E-state index in [4.69, 9.17) is 0 Å². The van der Waals surface area contributed by atoms with E-state index in [1.54, 1.807) is 0 Å². The van der Waals surface area contributed by atoms with Gasteiger partial charge in [-0.15, -0.1) is 0 Å². The molecule has 0 saturated heterocycles. The van der Waals surface area contributed by atoms with Crippen molar-refractivity contribution in [3.63, 3.8) is 0 Å². The Hall–Kier alpha value is -3.32. The van der Waals surface area contributed by atoms with Crippen molar-refractivity contribution in [3.05, 3.63) is 129 Å². The van der Waals surface area contributed by atoms with Crippen LogP contribution < -0.4 is 4.90 Å². The lowest BCUT2D eigenvalue weighted by atomic mass is 9.85. The topological polar surface area (TPSA) is 3.24 Å². The highest BCUT2D eigenvalue weighted by Gasteiger charge is 2.36. The third-order valence-corrected chi connectivity index (χ3v) is 7.41. The van der Waals surface area contributed by atoms with Gasteiger partial charge in [-0.3, -0.25) is 0 Å². The first kappa shape index (κ1) is 18.4. The van der Waals surface area contributed by atoms with Crippen LogP contribution in [0.5, 0.6) is 0 Å². The summed E-state index contributed by atoms with van der Waals surface area (Å²) in [5, 5.41) is 0. The maximum absolute atomic E-state index is 2.49. The molecule has 3 aliphatic carbocycles. The van der Waals surface area contributed by atoms with Crippen molar-refractivity contribution in [1.29, 1.82) is 0 Å². The maximum Gasteiger partial charge on any atom is 0.0455 e. The fourth-order valence-electron chi connectivity index (χ4n) is 5.65. The van der Waals surface area contributed by atoms with Crippen molar-refractivity contribution >= 4 is 11.8 Å². The van der Waals surface area contributed by atoms with Crippen molar-refractivity contribution in [2.24, 2.45) is 5.92 Å². The summed E-state index contributed by atoms with van der Waals surface area (Å²) in [6.45, 7) is 6.82. The number of allylic oxidation sites excluding steroid dienone is 9. The van der Waals surface area contributed by atoms with Crippen molar-refractivity contribution in [2.45, 2.75) is 33.1 Å². The molecule has 4 aliphatic rings. The van der Waals surface area contributed by atoms with Crippen LogP contribution in [-0.2, 0) is 0 Å². The smallest absolute Gasteiger partial charge is 0.0455 e. The van der Waals surface area contributed by atoms with Crippen LogP contribution in [0.1, 0.15) is 44.2 Å². The van der Waals surface area contributed by atoms with Gasteiger partial charge in [-0.05, 0) is 84.4 Å². The van der Waals surface area contributed by atoms with E-state index in [9.17, 15) is 0 Å². The minimum absolute atomic E-state index is 0.370. The largest absolute Gasteiger partial charge is 0.317 e. The van der Waals surface area contributed by atoms with E-state index in [-0.39, 0.29) is 0 Å². The van der Waals surface area contributed by atoms with Crippen LogP contribution in [0.4, 0.5) is 5.69 Å². The lowest BCUT2D eigenvalue weighted by molar-refractivity contribution is 0.838. The molecule has 0 radical (unpaired) electrons. The molecule has 2 aromatic carbocycles. The minimum atomic E-state index is 0.370. The number of benzene rings is 2. The highest BCUT2D eigenvalue weighted by Crippen LogP contribution is 2.49. The second kappa shape index (κ2) is 6.85. The van der Waals surface area contributed by atoms with Crippen LogP contribution in [0, 0.1) is 5.92 Å². The number of fused-ring (bicyclic) bond motifs is 3. The van der Waals surface area contributed by atoms with Gasteiger partial charge < -0.3 is 4.90 Å². The number of hydrogen-bond donors (Lipinski definition) is 0. The molecule has 152 valence electrons. The third kappa shape index (κ3) is 2.76. The molecule has 2 aromatic rings. The zero-order chi connectivity index (χ0) is 21.1. The van der Waals surface area contributed by atoms with E-state index in [2.05, 4.69) is 111 Å². The van der Waals surface area contributed by atoms with Gasteiger partial charge in [0.05, 0.1) is 0 Å². The zero-order valence-corrected chi connectivity index (χ0v) is 18.4. The summed E-state index contributed by atoms with van der Waals surface area (Å²) in [6.07, 6.45) is 13.1. The summed E-state index contributed by atoms with van der Waals surface area (Å²) in [6, 6.07) is 19.6. The SMILES string of the molecule is CC1=CC2=CC3C(=CC2=C1CC1C=Cc2ccccc21)N(c1ccccc1)C(C)=C3C. The zero-order valence-electron chi connectivity index (χ0n) is 18.4. The van der Waals surface area contributed by atoms with Gasteiger partial charge >= 0.3 is 0 Å². The van der Waals surface area contributed by atoms with Gasteiger partial charge in [0.2, 0.25) is 0 Å². The molecule has 0 spiro atoms. The van der Waals surface area contributed by atoms with Crippen molar-refractivity contribution in [1.82, 2.24) is 0 Å². The molecule has 31 heavy (non-hydrogen) atoms. The molecule has 0 N–H and O–H groups in total. The quantitative estimate of drug-likeness (QED) is 0.509. The van der Waals surface area contributed by atoms with Gasteiger partial charge in [0, 0.05) is 28.9 Å². The Kier molecular flexibility index (Phi) is 4.08. The van der Waals surface area contributed by atoms with E-state index < -0.39 is 0 Å². The van der Waals surface area contributed by atoms with Gasteiger partial charge in [-0.1, -0.05) is 66.8 Å². The summed E-state index contributed by atoms with van der Waals surface area (Å²) >= 11 is 0. The fourth-order valence-corrected chi connectivity index (χ4v) is 5.65. The summed E-state index contributed by atoms with van der Waals surface area (Å²) < 4.78 is 0. The lowest BCUT2D eigenvalue weighted by Crippen LogP contribution is -2.19. The van der Waals surface area contributed by atoms with E-state index in [1.807, 2.05) is 0 Å². The van der Waals surface area contributed by atoms with Crippen LogP contribution in [-0.4, -0.2) is 0 Å². The predicted octanol–water partition coefficient (Wildman–Crippen LogP) is 7.70. The predicted molar refractivity (Wildman–Crippen MR) is 131 cm³/mol. The Morgan fingerprint density at radius 1 is 0.871 bits per heavy atom. The van der Waals surface area contributed by atoms with Gasteiger partial charge in [0.15, 0.2) is 0 Å². The van der Waals surface area contributed by atoms with E-state index in [0.29, 0.717) is 11.8 Å². The summed E-state index contributed by atoms with van der Waals surface area (Å²) in [5.41, 5.74) is 14.0. The molecular weight excluding hydrogens is 374 g/mol. The number of nitrogens with zero attached hydrogens (tertiary/aromatic N) is 1. The Morgan fingerprint density at radius 2 is 1.65 bits per heavy atom. The molecule has 1 heteroatoms. The average molecular weight is 402 g/mol. The van der Waals surface area contributed by atoms with Gasteiger partial charge in [0.25, 0.3) is 0 Å². The summed E-state index contributed by atoms with van der Waals surface area (Å²) in [7, 11) is 0. The van der Waals surface area contributed by atoms with Crippen molar-refractivity contribution in [3.8, 4) is 0 Å². The second-order valence-electron chi connectivity index (χ2n) is 9.13. The minimum Gasteiger partial charge on any atom is -0.317 e. The fraction of sp³-hybridized carbons (Fsp3) is 0.200. The highest BCUT2D eigenvalue weighted by atomic mass is 15.2. The number of anilines is 1. The van der Waals surface area contributed by atoms with Gasteiger partial charge in [-0.2, -0.15) is 0 Å². The normalized spacial score (nSPS) is 23.6. The molecule has 2 atom stereocenters. The first-order chi connectivity index (χ1) is 15.1. The van der Waals surface area contributed by atoms with Crippen LogP contribution in [0.25, 0.3) is 6.08 Å². The molecule has 2 unspecified atom stereocenters. The Balaban J connectivity index is 1.42. The summed E-state index contributed by atoms with van der Waals surface area (Å²) in [5.74, 6) is 0.836. The van der Waals surface area contributed by atoms with Crippen molar-refractivity contribution in [2.75, 3.05) is 4.90 Å². The molecule has 1 aliphatic heterocycles. The summed E-state index contributed by atoms with van der Waals surface area (Å²) in [4.78, 5) is 2.45. The first-order valence-electron chi connectivity index (χ1n) is 11.3. The molecule has 0 amide bonds. The standard InChI is InChI=1S/C30H27N/c1-19-15-24-17-28-20(2)21(3)31(25-10-5-4-6-11-25)30(28)18-29(24)27(19)16-23-14-13-22-9-7-8-12-26(22)23/h4-15,17-18,23,28H,16H2,1-3H3. The van der Waals surface area contributed by atoms with Crippen LogP contribution >= 0.6 is 0 Å². The third-order valence-electron chi connectivity index (χ3n) is 7.41. The number of para-hydroxylation sites is 1. The van der Waals surface area contributed by atoms with Crippen LogP contribution in [0.3, 0.4) is 0 Å². The molecule has 0 aromatic heterocycles. The Labute approximate surface area is 185 Å². The maximum atomic E-state index is 2.49. The second-order valence-corrected chi connectivity index (χ2v) is 9.13. The molecule has 1 nitrogen and oxygen atoms in total. The average Bonchev–Trinajstić information content (AvgIpc) is 3.41. The molecule has 1 heterocycles. The molecular formula is C30H27N. The molecule has 6 rings (SSSR count). The van der Waals surface area contributed by atoms with Gasteiger partial charge in [-0.25, -0.2) is 0 Å². The number of rotatable bonds is 3. The van der Waals surface area contributed by atoms with Crippen LogP contribution in [0.2, 0.25) is 0 Å². The van der Waals surface area contributed by atoms with Crippen molar-refractivity contribution < 1.29 is 0 Å². The molecule has 0 fully saturated rings. The highest BCUT2D eigenvalue weighted by molar-refractivity contribution is 5.73. The Bertz CT molecular complexity index is 1280. The lowest BCUT2D eigenvalue weighted by Gasteiger charge is -2.27. The van der Waals surface area contributed by atoms with E-state index >= 15 is 0 Å². The molecule has 0 saturated carbocycles. The van der Waals surface area contributed by atoms with Gasteiger partial charge in [0.1, 0.15) is 0 Å².